The zero-order valence-corrected chi connectivity index (χ0v) is 11.4. The zero-order chi connectivity index (χ0) is 14.2. The van der Waals surface area contributed by atoms with Crippen molar-refractivity contribution in [3.8, 4) is 0 Å². The molecular formula is C15H15N5O. The SMILES string of the molecule is O=C(NCc1[nH]nc2ncccc12)c1cccn1C1CC1. The first-order valence-electron chi connectivity index (χ1n) is 7.06. The van der Waals surface area contributed by atoms with Gasteiger partial charge in [0.2, 0.25) is 0 Å². The molecule has 0 radical (unpaired) electrons. The Labute approximate surface area is 121 Å². The van der Waals surface area contributed by atoms with Crippen LogP contribution in [0.3, 0.4) is 0 Å². The largest absolute Gasteiger partial charge is 0.345 e. The van der Waals surface area contributed by atoms with Crippen molar-refractivity contribution in [2.45, 2.75) is 25.4 Å². The Morgan fingerprint density at radius 1 is 1.38 bits per heavy atom. The van der Waals surface area contributed by atoms with Crippen LogP contribution >= 0.6 is 0 Å². The van der Waals surface area contributed by atoms with Crippen molar-refractivity contribution in [3.63, 3.8) is 0 Å². The van der Waals surface area contributed by atoms with E-state index in [1.165, 1.54) is 0 Å². The van der Waals surface area contributed by atoms with Crippen LogP contribution in [0.1, 0.15) is 35.1 Å². The smallest absolute Gasteiger partial charge is 0.268 e. The number of fused-ring (bicyclic) bond motifs is 1. The van der Waals surface area contributed by atoms with Crippen LogP contribution in [0.5, 0.6) is 0 Å². The fourth-order valence-electron chi connectivity index (χ4n) is 2.55. The van der Waals surface area contributed by atoms with Crippen LogP contribution in [0.2, 0.25) is 0 Å². The molecule has 0 aliphatic heterocycles. The van der Waals surface area contributed by atoms with E-state index in [0.717, 1.165) is 29.6 Å². The van der Waals surface area contributed by atoms with Crippen LogP contribution in [0.15, 0.2) is 36.7 Å². The van der Waals surface area contributed by atoms with E-state index in [1.54, 1.807) is 6.20 Å². The quantitative estimate of drug-likeness (QED) is 0.768. The van der Waals surface area contributed by atoms with Gasteiger partial charge in [0.25, 0.3) is 5.91 Å². The number of rotatable bonds is 4. The number of aromatic amines is 1. The third-order valence-corrected chi connectivity index (χ3v) is 3.79. The van der Waals surface area contributed by atoms with Gasteiger partial charge in [-0.05, 0) is 37.1 Å². The molecule has 4 rings (SSSR count). The van der Waals surface area contributed by atoms with Crippen LogP contribution in [0, 0.1) is 0 Å². The highest BCUT2D eigenvalue weighted by Crippen LogP contribution is 2.35. The normalized spacial score (nSPS) is 14.5. The molecule has 3 heterocycles. The number of carbonyl (C=O) groups is 1. The number of hydrogen-bond acceptors (Lipinski definition) is 3. The van der Waals surface area contributed by atoms with Gasteiger partial charge in [-0.25, -0.2) is 4.98 Å². The van der Waals surface area contributed by atoms with E-state index in [1.807, 2.05) is 30.5 Å². The maximum Gasteiger partial charge on any atom is 0.268 e. The van der Waals surface area contributed by atoms with Crippen molar-refractivity contribution in [1.29, 1.82) is 0 Å². The van der Waals surface area contributed by atoms with E-state index in [-0.39, 0.29) is 5.91 Å². The van der Waals surface area contributed by atoms with Crippen molar-refractivity contribution in [2.75, 3.05) is 0 Å². The maximum absolute atomic E-state index is 12.3. The third-order valence-electron chi connectivity index (χ3n) is 3.79. The second-order valence-corrected chi connectivity index (χ2v) is 5.29. The summed E-state index contributed by atoms with van der Waals surface area (Å²) in [5.74, 6) is -0.0569. The average molecular weight is 281 g/mol. The molecule has 6 heteroatoms. The summed E-state index contributed by atoms with van der Waals surface area (Å²) < 4.78 is 2.06. The highest BCUT2D eigenvalue weighted by Gasteiger charge is 2.26. The van der Waals surface area contributed by atoms with Crippen LogP contribution in [0.25, 0.3) is 11.0 Å². The fraction of sp³-hybridized carbons (Fsp3) is 0.267. The van der Waals surface area contributed by atoms with Crippen molar-refractivity contribution < 1.29 is 4.79 Å². The molecule has 1 aliphatic rings. The Morgan fingerprint density at radius 2 is 2.29 bits per heavy atom. The lowest BCUT2D eigenvalue weighted by molar-refractivity contribution is 0.0941. The van der Waals surface area contributed by atoms with Gasteiger partial charge in [0.1, 0.15) is 5.69 Å². The summed E-state index contributed by atoms with van der Waals surface area (Å²) in [6, 6.07) is 8.09. The number of aromatic nitrogens is 4. The Hall–Kier alpha value is -2.63. The Balaban J connectivity index is 1.51. The molecule has 21 heavy (non-hydrogen) atoms. The van der Waals surface area contributed by atoms with Crippen molar-refractivity contribution in [2.24, 2.45) is 0 Å². The van der Waals surface area contributed by atoms with E-state index in [2.05, 4.69) is 25.1 Å². The zero-order valence-electron chi connectivity index (χ0n) is 11.4. The van der Waals surface area contributed by atoms with Gasteiger partial charge >= 0.3 is 0 Å². The molecule has 0 aromatic carbocycles. The van der Waals surface area contributed by atoms with Crippen molar-refractivity contribution >= 4 is 16.9 Å². The molecule has 0 atom stereocenters. The molecule has 106 valence electrons. The van der Waals surface area contributed by atoms with Crippen LogP contribution in [0.4, 0.5) is 0 Å². The summed E-state index contributed by atoms with van der Waals surface area (Å²) in [4.78, 5) is 16.5. The number of nitrogens with one attached hydrogen (secondary N) is 2. The van der Waals surface area contributed by atoms with E-state index in [9.17, 15) is 4.79 Å². The first-order valence-corrected chi connectivity index (χ1v) is 7.06. The van der Waals surface area contributed by atoms with Crippen molar-refractivity contribution in [1.82, 2.24) is 25.1 Å². The number of carbonyl (C=O) groups excluding carboxylic acids is 1. The molecule has 3 aromatic rings. The topological polar surface area (TPSA) is 75.6 Å². The predicted octanol–water partition coefficient (Wildman–Crippen LogP) is 2.02. The van der Waals surface area contributed by atoms with Gasteiger partial charge in [0, 0.05) is 23.8 Å². The molecule has 0 spiro atoms. The molecule has 2 N–H and O–H groups in total. The monoisotopic (exact) mass is 281 g/mol. The average Bonchev–Trinajstić information content (AvgIpc) is 3.10. The molecule has 1 amide bonds. The molecule has 1 saturated carbocycles. The van der Waals surface area contributed by atoms with Gasteiger partial charge in [-0.2, -0.15) is 5.10 Å². The van der Waals surface area contributed by atoms with Gasteiger partial charge < -0.3 is 9.88 Å². The van der Waals surface area contributed by atoms with Gasteiger partial charge in [0.15, 0.2) is 5.65 Å². The fourth-order valence-corrected chi connectivity index (χ4v) is 2.55. The van der Waals surface area contributed by atoms with Crippen LogP contribution < -0.4 is 5.32 Å². The predicted molar refractivity (Wildman–Crippen MR) is 77.8 cm³/mol. The minimum Gasteiger partial charge on any atom is -0.345 e. The van der Waals surface area contributed by atoms with Crippen LogP contribution in [-0.4, -0.2) is 25.7 Å². The molecule has 6 nitrogen and oxygen atoms in total. The molecule has 0 saturated heterocycles. The highest BCUT2D eigenvalue weighted by molar-refractivity contribution is 5.93. The molecule has 0 bridgehead atoms. The summed E-state index contributed by atoms with van der Waals surface area (Å²) in [5.41, 5.74) is 2.26. The number of H-pyrrole nitrogens is 1. The molecule has 1 aliphatic carbocycles. The van der Waals surface area contributed by atoms with Gasteiger partial charge in [0.05, 0.1) is 12.2 Å². The van der Waals surface area contributed by atoms with Crippen molar-refractivity contribution in [3.05, 3.63) is 48.0 Å². The first-order chi connectivity index (χ1) is 10.3. The summed E-state index contributed by atoms with van der Waals surface area (Å²) in [6.45, 7) is 0.414. The van der Waals surface area contributed by atoms with Gasteiger partial charge in [-0.15, -0.1) is 0 Å². The maximum atomic E-state index is 12.3. The summed E-state index contributed by atoms with van der Waals surface area (Å²) in [6.07, 6.45) is 5.99. The highest BCUT2D eigenvalue weighted by atomic mass is 16.1. The minimum absolute atomic E-state index is 0.0569. The number of pyridine rings is 1. The Bertz CT molecular complexity index is 799. The summed E-state index contributed by atoms with van der Waals surface area (Å²) >= 11 is 0. The molecule has 1 fully saturated rings. The molecule has 0 unspecified atom stereocenters. The van der Waals surface area contributed by atoms with E-state index in [0.29, 0.717) is 18.2 Å². The van der Waals surface area contributed by atoms with E-state index in [4.69, 9.17) is 0 Å². The van der Waals surface area contributed by atoms with E-state index < -0.39 is 0 Å². The Kier molecular flexibility index (Phi) is 2.73. The van der Waals surface area contributed by atoms with E-state index >= 15 is 0 Å². The second kappa shape index (κ2) is 4.73. The van der Waals surface area contributed by atoms with Crippen LogP contribution in [-0.2, 0) is 6.54 Å². The number of nitrogens with zero attached hydrogens (tertiary/aromatic N) is 3. The summed E-state index contributed by atoms with van der Waals surface area (Å²) in [7, 11) is 0. The molecular weight excluding hydrogens is 266 g/mol. The lowest BCUT2D eigenvalue weighted by Crippen LogP contribution is -2.25. The van der Waals surface area contributed by atoms with Gasteiger partial charge in [-0.3, -0.25) is 9.89 Å². The van der Waals surface area contributed by atoms with Gasteiger partial charge in [-0.1, -0.05) is 0 Å². The molecule has 3 aromatic heterocycles. The third kappa shape index (κ3) is 2.18. The minimum atomic E-state index is -0.0569. The Morgan fingerprint density at radius 3 is 3.14 bits per heavy atom. The second-order valence-electron chi connectivity index (χ2n) is 5.29. The first kappa shape index (κ1) is 12.1. The summed E-state index contributed by atoms with van der Waals surface area (Å²) in [5, 5.41) is 10.9. The number of amides is 1. The lowest BCUT2D eigenvalue weighted by atomic mass is 10.2. The standard InChI is InChI=1S/C15H15N5O/c21-15(13-4-2-8-20(13)10-5-6-10)17-9-12-11-3-1-7-16-14(11)19-18-12/h1-4,7-8,10H,5-6,9H2,(H,17,21)(H,16,18,19). The lowest BCUT2D eigenvalue weighted by Gasteiger charge is -2.08. The number of hydrogen-bond donors (Lipinski definition) is 2.